The summed E-state index contributed by atoms with van der Waals surface area (Å²) in [5.74, 6) is 0.687. The number of carbonyl (C=O) groups is 1. The molecule has 0 unspecified atom stereocenters. The normalized spacial score (nSPS) is 28.6. The molecule has 6 heteroatoms. The molecule has 0 aromatic carbocycles. The summed E-state index contributed by atoms with van der Waals surface area (Å²) in [4.78, 5) is 14.8. The average molecular weight is 358 g/mol. The van der Waals surface area contributed by atoms with Gasteiger partial charge in [-0.25, -0.2) is 4.79 Å². The highest BCUT2D eigenvalue weighted by Crippen LogP contribution is 2.39. The number of aliphatic hydroxyl groups is 1. The Bertz CT molecular complexity index is 422. The standard InChI is InChI=1S/C19H36N2O4/c1-5-24-18(23)21-8-6-20(7-9-21)13-16(22)14-25-17-10-15(2)11-19(3,4)12-17/h15-17,22H,5-14H2,1-4H3/p+1/t15-,16-,17-/m0/s1. The van der Waals surface area contributed by atoms with Gasteiger partial charge in [-0.2, -0.15) is 0 Å². The Labute approximate surface area is 152 Å². The zero-order chi connectivity index (χ0) is 18.4. The number of rotatable bonds is 6. The second-order valence-electron chi connectivity index (χ2n) is 8.66. The van der Waals surface area contributed by atoms with Crippen LogP contribution in [0, 0.1) is 11.3 Å². The molecule has 25 heavy (non-hydrogen) atoms. The van der Waals surface area contributed by atoms with E-state index in [2.05, 4.69) is 20.8 Å². The van der Waals surface area contributed by atoms with Crippen molar-refractivity contribution >= 4 is 6.09 Å². The van der Waals surface area contributed by atoms with Crippen LogP contribution in [0.3, 0.4) is 0 Å². The van der Waals surface area contributed by atoms with E-state index in [1.54, 1.807) is 4.90 Å². The maximum Gasteiger partial charge on any atom is 0.410 e. The van der Waals surface area contributed by atoms with E-state index in [-0.39, 0.29) is 12.2 Å². The van der Waals surface area contributed by atoms with E-state index >= 15 is 0 Å². The molecule has 0 spiro atoms. The maximum absolute atomic E-state index is 11.7. The predicted molar refractivity (Wildman–Crippen MR) is 96.7 cm³/mol. The number of amides is 1. The van der Waals surface area contributed by atoms with Gasteiger partial charge in [0.25, 0.3) is 0 Å². The highest BCUT2D eigenvalue weighted by atomic mass is 16.6. The van der Waals surface area contributed by atoms with Crippen molar-refractivity contribution in [1.82, 2.24) is 4.90 Å². The number of nitrogens with zero attached hydrogens (tertiary/aromatic N) is 1. The second kappa shape index (κ2) is 9.19. The quantitative estimate of drug-likeness (QED) is 0.743. The lowest BCUT2D eigenvalue weighted by Crippen LogP contribution is -3.15. The first-order valence-corrected chi connectivity index (χ1v) is 9.84. The third-order valence-electron chi connectivity index (χ3n) is 5.39. The number of aliphatic hydroxyl groups excluding tert-OH is 1. The van der Waals surface area contributed by atoms with Crippen LogP contribution in [0.1, 0.15) is 47.0 Å². The Morgan fingerprint density at radius 1 is 1.32 bits per heavy atom. The Morgan fingerprint density at radius 2 is 2.00 bits per heavy atom. The lowest BCUT2D eigenvalue weighted by Gasteiger charge is -2.39. The summed E-state index contributed by atoms with van der Waals surface area (Å²) < 4.78 is 11.1. The zero-order valence-electron chi connectivity index (χ0n) is 16.4. The van der Waals surface area contributed by atoms with Crippen molar-refractivity contribution in [2.45, 2.75) is 59.2 Å². The van der Waals surface area contributed by atoms with E-state index in [0.717, 1.165) is 25.9 Å². The molecule has 1 heterocycles. The summed E-state index contributed by atoms with van der Waals surface area (Å²) >= 11 is 0. The summed E-state index contributed by atoms with van der Waals surface area (Å²) in [7, 11) is 0. The van der Waals surface area contributed by atoms with Gasteiger partial charge < -0.3 is 19.5 Å². The third-order valence-corrected chi connectivity index (χ3v) is 5.39. The summed E-state index contributed by atoms with van der Waals surface area (Å²) in [5, 5.41) is 10.3. The fraction of sp³-hybridized carbons (Fsp3) is 0.947. The Hall–Kier alpha value is -0.850. The van der Waals surface area contributed by atoms with Gasteiger partial charge in [-0.15, -0.1) is 0 Å². The largest absolute Gasteiger partial charge is 0.450 e. The molecular weight excluding hydrogens is 320 g/mol. The molecule has 2 fully saturated rings. The molecule has 0 bridgehead atoms. The highest BCUT2D eigenvalue weighted by Gasteiger charge is 2.33. The van der Waals surface area contributed by atoms with Crippen molar-refractivity contribution in [3.05, 3.63) is 0 Å². The van der Waals surface area contributed by atoms with Crippen molar-refractivity contribution < 1.29 is 24.3 Å². The lowest BCUT2D eigenvalue weighted by molar-refractivity contribution is -0.907. The number of ether oxygens (including phenoxy) is 2. The molecular formula is C19H37N2O4+. The Kier molecular flexibility index (Phi) is 7.52. The van der Waals surface area contributed by atoms with E-state index in [4.69, 9.17) is 9.47 Å². The fourth-order valence-electron chi connectivity index (χ4n) is 4.45. The highest BCUT2D eigenvalue weighted by molar-refractivity contribution is 5.67. The summed E-state index contributed by atoms with van der Waals surface area (Å²) in [6, 6.07) is 0. The first kappa shape index (κ1) is 20.5. The van der Waals surface area contributed by atoms with Gasteiger partial charge in [0.1, 0.15) is 12.6 Å². The molecule has 1 saturated carbocycles. The van der Waals surface area contributed by atoms with Gasteiger partial charge in [-0.3, -0.25) is 4.90 Å². The molecule has 2 rings (SSSR count). The van der Waals surface area contributed by atoms with Crippen LogP contribution < -0.4 is 4.90 Å². The zero-order valence-corrected chi connectivity index (χ0v) is 16.4. The first-order valence-electron chi connectivity index (χ1n) is 9.84. The molecule has 1 aliphatic carbocycles. The number of quaternary nitrogens is 1. The van der Waals surface area contributed by atoms with Crippen LogP contribution in [0.5, 0.6) is 0 Å². The average Bonchev–Trinajstić information content (AvgIpc) is 2.52. The number of piperazine rings is 1. The molecule has 3 atom stereocenters. The molecule has 6 nitrogen and oxygen atoms in total. The van der Waals surface area contributed by atoms with E-state index < -0.39 is 6.10 Å². The Balaban J connectivity index is 1.66. The van der Waals surface area contributed by atoms with E-state index in [1.165, 1.54) is 11.3 Å². The smallest absolute Gasteiger partial charge is 0.410 e. The first-order chi connectivity index (χ1) is 11.8. The van der Waals surface area contributed by atoms with Gasteiger partial charge >= 0.3 is 6.09 Å². The second-order valence-corrected chi connectivity index (χ2v) is 8.66. The van der Waals surface area contributed by atoms with Crippen LogP contribution in [0.2, 0.25) is 0 Å². The molecule has 0 aromatic heterocycles. The third kappa shape index (κ3) is 6.76. The monoisotopic (exact) mass is 357 g/mol. The molecule has 2 N–H and O–H groups in total. The van der Waals surface area contributed by atoms with Crippen molar-refractivity contribution in [2.75, 3.05) is 45.9 Å². The lowest BCUT2D eigenvalue weighted by atomic mass is 9.71. The van der Waals surface area contributed by atoms with Crippen LogP contribution in [0.25, 0.3) is 0 Å². The molecule has 1 amide bonds. The number of carbonyl (C=O) groups excluding carboxylic acids is 1. The maximum atomic E-state index is 11.7. The van der Waals surface area contributed by atoms with Crippen molar-refractivity contribution in [3.8, 4) is 0 Å². The van der Waals surface area contributed by atoms with Gasteiger partial charge in [0.15, 0.2) is 0 Å². The number of hydrogen-bond donors (Lipinski definition) is 2. The van der Waals surface area contributed by atoms with E-state index in [9.17, 15) is 9.90 Å². The van der Waals surface area contributed by atoms with Gasteiger partial charge in [-0.05, 0) is 37.5 Å². The van der Waals surface area contributed by atoms with Crippen LogP contribution in [0.15, 0.2) is 0 Å². The molecule has 0 aromatic rings. The summed E-state index contributed by atoms with van der Waals surface area (Å²) in [6.07, 6.45) is 3.04. The van der Waals surface area contributed by atoms with E-state index in [0.29, 0.717) is 44.2 Å². The van der Waals surface area contributed by atoms with E-state index in [1.807, 2.05) is 6.92 Å². The molecule has 2 aliphatic rings. The fourth-order valence-corrected chi connectivity index (χ4v) is 4.45. The van der Waals surface area contributed by atoms with Gasteiger partial charge in [0.05, 0.1) is 45.5 Å². The minimum Gasteiger partial charge on any atom is -0.450 e. The number of hydrogen-bond acceptors (Lipinski definition) is 4. The SMILES string of the molecule is CCOC(=O)N1CC[NH+](C[C@H](O)CO[C@H]2C[C@H](C)CC(C)(C)C2)CC1. The summed E-state index contributed by atoms with van der Waals surface area (Å²) in [5.41, 5.74) is 0.335. The topological polar surface area (TPSA) is 63.4 Å². The minimum absolute atomic E-state index is 0.223. The number of nitrogens with one attached hydrogen (secondary N) is 1. The van der Waals surface area contributed by atoms with Crippen LogP contribution in [0.4, 0.5) is 4.79 Å². The summed E-state index contributed by atoms with van der Waals surface area (Å²) in [6.45, 7) is 13.3. The predicted octanol–water partition coefficient (Wildman–Crippen LogP) is 0.936. The molecule has 1 aliphatic heterocycles. The molecule has 1 saturated heterocycles. The van der Waals surface area contributed by atoms with Gasteiger partial charge in [0, 0.05) is 0 Å². The molecule has 146 valence electrons. The van der Waals surface area contributed by atoms with Crippen molar-refractivity contribution in [1.29, 1.82) is 0 Å². The molecule has 0 radical (unpaired) electrons. The van der Waals surface area contributed by atoms with Gasteiger partial charge in [0.2, 0.25) is 0 Å². The van der Waals surface area contributed by atoms with Crippen molar-refractivity contribution in [3.63, 3.8) is 0 Å². The van der Waals surface area contributed by atoms with Crippen LogP contribution in [-0.2, 0) is 9.47 Å². The van der Waals surface area contributed by atoms with Crippen molar-refractivity contribution in [2.24, 2.45) is 11.3 Å². The van der Waals surface area contributed by atoms with Crippen LogP contribution in [-0.4, -0.2) is 74.2 Å². The van der Waals surface area contributed by atoms with Gasteiger partial charge in [-0.1, -0.05) is 20.8 Å². The minimum atomic E-state index is -0.440. The Morgan fingerprint density at radius 3 is 2.60 bits per heavy atom. The van der Waals surface area contributed by atoms with Crippen LogP contribution >= 0.6 is 0 Å².